The minimum absolute atomic E-state index is 0.178. The third-order valence-corrected chi connectivity index (χ3v) is 7.17. The smallest absolute Gasteiger partial charge is 0.252 e. The van der Waals surface area contributed by atoms with Crippen LogP contribution in [0, 0.1) is 24.1 Å². The summed E-state index contributed by atoms with van der Waals surface area (Å²) in [5, 5.41) is 5.43. The van der Waals surface area contributed by atoms with Gasteiger partial charge in [-0.2, -0.15) is 5.10 Å². The van der Waals surface area contributed by atoms with Crippen LogP contribution in [0.3, 0.4) is 0 Å². The Kier molecular flexibility index (Phi) is 6.59. The highest BCUT2D eigenvalue weighted by Gasteiger charge is 2.31. The van der Waals surface area contributed by atoms with Crippen molar-refractivity contribution in [2.24, 2.45) is 5.92 Å². The topological polar surface area (TPSA) is 104 Å². The number of nitrogens with two attached hydrogens (primary N) is 1. The predicted molar refractivity (Wildman–Crippen MR) is 144 cm³/mol. The van der Waals surface area contributed by atoms with E-state index >= 15 is 0 Å². The molecular formula is C29H25F2N7O2. The van der Waals surface area contributed by atoms with Crippen LogP contribution >= 0.6 is 0 Å². The lowest BCUT2D eigenvalue weighted by atomic mass is 10.1. The van der Waals surface area contributed by atoms with Crippen molar-refractivity contribution in [1.82, 2.24) is 24.6 Å². The number of halogens is 2. The highest BCUT2D eigenvalue weighted by Crippen LogP contribution is 2.36. The van der Waals surface area contributed by atoms with Crippen molar-refractivity contribution in [2.45, 2.75) is 31.7 Å². The minimum atomic E-state index is -0.801. The number of anilines is 1. The summed E-state index contributed by atoms with van der Waals surface area (Å²) in [7, 11) is 0. The quantitative estimate of drug-likeness (QED) is 0.255. The SMILES string of the molecule is [C-]#[N+]/C(=C\C1CC1)C(=O)N1CCC[C@@H](n2nc(-c3ccc(Oc4c(F)cccc4F)cc3)c3c(N)ncnc32)C1. The average Bonchev–Trinajstić information content (AvgIpc) is 3.71. The number of hydrogen-bond donors (Lipinski definition) is 1. The number of carbonyl (C=O) groups is 1. The molecule has 0 spiro atoms. The standard InChI is InChI=1S/C29H25F2N7O2/c1-33-23(14-17-7-8-17)29(39)37-13-3-4-19(15-37)38-28-24(27(32)34-16-35-28)25(36-38)18-9-11-20(12-10-18)40-26-21(30)5-2-6-22(26)31/h2,5-6,9-12,14,16-17,19H,3-4,7-8,13,15H2,(H2,32,34,35)/b23-14-/t19-/m1/s1. The summed E-state index contributed by atoms with van der Waals surface area (Å²) in [6.07, 6.45) is 6.73. The first-order valence-corrected chi connectivity index (χ1v) is 13.0. The van der Waals surface area contributed by atoms with E-state index in [1.54, 1.807) is 39.9 Å². The van der Waals surface area contributed by atoms with Crippen molar-refractivity contribution in [2.75, 3.05) is 18.8 Å². The second kappa shape index (κ2) is 10.4. The normalized spacial score (nSPS) is 17.6. The molecule has 1 aliphatic carbocycles. The van der Waals surface area contributed by atoms with Gasteiger partial charge in [0, 0.05) is 18.7 Å². The maximum absolute atomic E-state index is 14.0. The Hall–Kier alpha value is -4.85. The molecule has 1 saturated heterocycles. The zero-order valence-electron chi connectivity index (χ0n) is 21.4. The molecular weight excluding hydrogens is 516 g/mol. The van der Waals surface area contributed by atoms with E-state index in [1.807, 2.05) is 0 Å². The number of amides is 1. The maximum Gasteiger partial charge on any atom is 0.252 e. The van der Waals surface area contributed by atoms with Gasteiger partial charge in [-0.05, 0) is 68.0 Å². The number of likely N-dealkylation sites (tertiary alicyclic amines) is 1. The molecule has 4 aromatic rings. The first kappa shape index (κ1) is 25.4. The van der Waals surface area contributed by atoms with Gasteiger partial charge in [-0.3, -0.25) is 4.79 Å². The molecule has 2 aromatic carbocycles. The Labute approximate surface area is 228 Å². The van der Waals surface area contributed by atoms with Crippen molar-refractivity contribution in [1.29, 1.82) is 0 Å². The number of aromatic nitrogens is 4. The number of nitrogens with zero attached hydrogens (tertiary/aromatic N) is 6. The summed E-state index contributed by atoms with van der Waals surface area (Å²) in [5.74, 6) is -1.50. The molecule has 11 heteroatoms. The van der Waals surface area contributed by atoms with Crippen molar-refractivity contribution in [3.8, 4) is 22.8 Å². The van der Waals surface area contributed by atoms with Crippen LogP contribution in [-0.2, 0) is 4.79 Å². The number of carbonyl (C=O) groups excluding carboxylic acids is 1. The third-order valence-electron chi connectivity index (χ3n) is 7.17. The van der Waals surface area contributed by atoms with Gasteiger partial charge in [0.25, 0.3) is 5.91 Å². The van der Waals surface area contributed by atoms with Crippen molar-refractivity contribution in [3.05, 3.63) is 83.6 Å². The fraction of sp³-hybridized carbons (Fsp3) is 0.276. The van der Waals surface area contributed by atoms with Gasteiger partial charge in [0.15, 0.2) is 23.0 Å². The predicted octanol–water partition coefficient (Wildman–Crippen LogP) is 5.52. The van der Waals surface area contributed by atoms with E-state index < -0.39 is 17.4 Å². The number of rotatable bonds is 6. The minimum Gasteiger partial charge on any atom is -0.451 e. The van der Waals surface area contributed by atoms with Gasteiger partial charge in [-0.25, -0.2) is 28.3 Å². The molecule has 1 atom stereocenters. The first-order chi connectivity index (χ1) is 19.4. The van der Waals surface area contributed by atoms with E-state index in [4.69, 9.17) is 22.1 Å². The zero-order chi connectivity index (χ0) is 27.8. The summed E-state index contributed by atoms with van der Waals surface area (Å²) < 4.78 is 35.3. The lowest BCUT2D eigenvalue weighted by molar-refractivity contribution is -0.128. The molecule has 2 N–H and O–H groups in total. The summed E-state index contributed by atoms with van der Waals surface area (Å²) >= 11 is 0. The summed E-state index contributed by atoms with van der Waals surface area (Å²) in [5.41, 5.74) is 8.20. The van der Waals surface area contributed by atoms with Crippen LogP contribution in [0.5, 0.6) is 11.5 Å². The molecule has 0 bridgehead atoms. The molecule has 1 aliphatic heterocycles. The van der Waals surface area contributed by atoms with Crippen LogP contribution < -0.4 is 10.5 Å². The van der Waals surface area contributed by atoms with Crippen molar-refractivity contribution >= 4 is 22.8 Å². The number of nitrogen functional groups attached to an aromatic ring is 1. The van der Waals surface area contributed by atoms with Crippen LogP contribution in [-0.4, -0.2) is 43.6 Å². The second-order valence-corrected chi connectivity index (χ2v) is 9.98. The number of ether oxygens (including phenoxy) is 1. The van der Waals surface area contributed by atoms with Crippen LogP contribution in [0.4, 0.5) is 14.6 Å². The van der Waals surface area contributed by atoms with E-state index in [1.165, 1.54) is 12.4 Å². The first-order valence-electron chi connectivity index (χ1n) is 13.0. The average molecular weight is 542 g/mol. The van der Waals surface area contributed by atoms with Crippen molar-refractivity contribution in [3.63, 3.8) is 0 Å². The highest BCUT2D eigenvalue weighted by atomic mass is 19.1. The number of allylic oxidation sites excluding steroid dienone is 1. The van der Waals surface area contributed by atoms with Crippen LogP contribution in [0.1, 0.15) is 31.7 Å². The van der Waals surface area contributed by atoms with Crippen LogP contribution in [0.25, 0.3) is 27.1 Å². The number of hydrogen-bond acceptors (Lipinski definition) is 6. The van der Waals surface area contributed by atoms with Crippen LogP contribution in [0.15, 0.2) is 60.6 Å². The Morgan fingerprint density at radius 2 is 1.85 bits per heavy atom. The van der Waals surface area contributed by atoms with Gasteiger partial charge >= 0.3 is 0 Å². The number of piperidine rings is 1. The molecule has 3 heterocycles. The van der Waals surface area contributed by atoms with Gasteiger partial charge in [0.1, 0.15) is 23.6 Å². The molecule has 1 saturated carbocycles. The second-order valence-electron chi connectivity index (χ2n) is 9.98. The van der Waals surface area contributed by atoms with Gasteiger partial charge in [-0.1, -0.05) is 12.1 Å². The van der Waals surface area contributed by atoms with Gasteiger partial charge in [0.2, 0.25) is 5.70 Å². The third kappa shape index (κ3) is 4.84. The Balaban J connectivity index is 1.30. The molecule has 2 aliphatic rings. The lowest BCUT2D eigenvalue weighted by Gasteiger charge is -2.33. The molecule has 2 fully saturated rings. The number of para-hydroxylation sites is 1. The summed E-state index contributed by atoms with van der Waals surface area (Å²) in [6.45, 7) is 8.44. The maximum atomic E-state index is 14.0. The number of benzene rings is 2. The zero-order valence-corrected chi connectivity index (χ0v) is 21.4. The largest absolute Gasteiger partial charge is 0.451 e. The van der Waals surface area contributed by atoms with Crippen LogP contribution in [0.2, 0.25) is 0 Å². The monoisotopic (exact) mass is 541 g/mol. The van der Waals surface area contributed by atoms with E-state index in [2.05, 4.69) is 14.8 Å². The van der Waals surface area contributed by atoms with E-state index in [0.717, 1.165) is 37.8 Å². The van der Waals surface area contributed by atoms with E-state index in [0.29, 0.717) is 41.3 Å². The van der Waals surface area contributed by atoms with E-state index in [-0.39, 0.29) is 29.2 Å². The Morgan fingerprint density at radius 1 is 1.10 bits per heavy atom. The van der Waals surface area contributed by atoms with Gasteiger partial charge in [-0.15, -0.1) is 0 Å². The molecule has 1 amide bonds. The Morgan fingerprint density at radius 3 is 2.55 bits per heavy atom. The molecule has 40 heavy (non-hydrogen) atoms. The Bertz CT molecular complexity index is 1650. The molecule has 0 unspecified atom stereocenters. The lowest BCUT2D eigenvalue weighted by Crippen LogP contribution is -2.41. The summed E-state index contributed by atoms with van der Waals surface area (Å²) in [6, 6.07) is 9.95. The summed E-state index contributed by atoms with van der Waals surface area (Å²) in [4.78, 5) is 27.0. The van der Waals surface area contributed by atoms with Gasteiger partial charge in [0.05, 0.1) is 18.0 Å². The van der Waals surface area contributed by atoms with Gasteiger partial charge < -0.3 is 15.4 Å². The molecule has 2 aromatic heterocycles. The molecule has 0 radical (unpaired) electrons. The molecule has 202 valence electrons. The fourth-order valence-corrected chi connectivity index (χ4v) is 4.97. The van der Waals surface area contributed by atoms with Crippen molar-refractivity contribution < 1.29 is 18.3 Å². The fourth-order valence-electron chi connectivity index (χ4n) is 4.97. The highest BCUT2D eigenvalue weighted by molar-refractivity contribution is 5.98. The molecule has 9 nitrogen and oxygen atoms in total. The molecule has 6 rings (SSSR count). The number of fused-ring (bicyclic) bond motifs is 1. The van der Waals surface area contributed by atoms with E-state index in [9.17, 15) is 13.6 Å².